The molecule has 11 heavy (non-hydrogen) atoms. The van der Waals surface area contributed by atoms with E-state index in [1.54, 1.807) is 0 Å². The number of H-pyrrole nitrogens is 1. The summed E-state index contributed by atoms with van der Waals surface area (Å²) >= 11 is 2.00. The van der Waals surface area contributed by atoms with Crippen molar-refractivity contribution in [3.05, 3.63) is 28.2 Å². The van der Waals surface area contributed by atoms with Crippen LogP contribution in [0, 0.1) is 3.95 Å². The fourth-order valence-electron chi connectivity index (χ4n) is 0.932. The van der Waals surface area contributed by atoms with Crippen LogP contribution in [0.4, 0.5) is 0 Å². The summed E-state index contributed by atoms with van der Waals surface area (Å²) in [4.78, 5) is 3.01. The van der Waals surface area contributed by atoms with E-state index in [9.17, 15) is 4.21 Å². The maximum atomic E-state index is 10.4. The number of aromatic nitrogens is 1. The molecule has 0 aliphatic rings. The lowest BCUT2D eigenvalue weighted by molar-refractivity contribution is 0.699. The maximum Gasteiger partial charge on any atom is 0.189 e. The van der Waals surface area contributed by atoms with Crippen molar-refractivity contribution in [2.75, 3.05) is 0 Å². The average Bonchev–Trinajstić information content (AvgIpc) is 2.46. The van der Waals surface area contributed by atoms with Crippen molar-refractivity contribution >= 4 is 32.8 Å². The van der Waals surface area contributed by atoms with Crippen LogP contribution in [0.2, 0.25) is 0 Å². The van der Waals surface area contributed by atoms with E-state index in [-0.39, 0.29) is 0 Å². The Kier molecular flexibility index (Phi) is 1.63. The van der Waals surface area contributed by atoms with E-state index >= 15 is 0 Å². The van der Waals surface area contributed by atoms with E-state index in [2.05, 4.69) is 4.98 Å². The highest BCUT2D eigenvalue weighted by atomic mass is 32.2. The second-order valence-electron chi connectivity index (χ2n) is 2.09. The molecular weight excluding hydrogens is 178 g/mol. The first-order valence-corrected chi connectivity index (χ1v) is 4.66. The first-order chi connectivity index (χ1) is 5.40. The number of hydrogen-bond acceptors (Lipinski definition) is 2. The van der Waals surface area contributed by atoms with E-state index in [1.807, 2.05) is 24.3 Å². The van der Waals surface area contributed by atoms with Crippen molar-refractivity contribution in [3.63, 3.8) is 0 Å². The Morgan fingerprint density at radius 3 is 2.91 bits per heavy atom. The molecule has 0 spiro atoms. The van der Waals surface area contributed by atoms with Crippen LogP contribution in [0.5, 0.6) is 0 Å². The van der Waals surface area contributed by atoms with Crippen LogP contribution in [0.25, 0.3) is 10.2 Å². The molecule has 2 aromatic rings. The molecule has 2 rings (SSSR count). The van der Waals surface area contributed by atoms with Gasteiger partial charge in [0.05, 0.1) is 10.2 Å². The van der Waals surface area contributed by atoms with Gasteiger partial charge >= 0.3 is 0 Å². The van der Waals surface area contributed by atoms with Gasteiger partial charge in [-0.2, -0.15) is 0 Å². The Hall–Kier alpha value is -0.870. The predicted molar refractivity (Wildman–Crippen MR) is 47.6 cm³/mol. The predicted octanol–water partition coefficient (Wildman–Crippen LogP) is 1.97. The summed E-state index contributed by atoms with van der Waals surface area (Å²) < 4.78 is 12.2. The number of thiazole rings is 1. The first kappa shape index (κ1) is 6.82. The zero-order valence-corrected chi connectivity index (χ0v) is 7.17. The molecule has 2 nitrogen and oxygen atoms in total. The van der Waals surface area contributed by atoms with E-state index in [0.717, 1.165) is 10.2 Å². The fourth-order valence-corrected chi connectivity index (χ4v) is 2.23. The Labute approximate surface area is 70.6 Å². The molecule has 0 atom stereocenters. The van der Waals surface area contributed by atoms with Crippen molar-refractivity contribution < 1.29 is 4.21 Å². The normalized spacial score (nSPS) is 10.2. The van der Waals surface area contributed by atoms with Gasteiger partial charge in [0.15, 0.2) is 3.95 Å². The van der Waals surface area contributed by atoms with Gasteiger partial charge in [0, 0.05) is 0 Å². The molecule has 0 saturated carbocycles. The van der Waals surface area contributed by atoms with Gasteiger partial charge in [0.2, 0.25) is 0 Å². The number of para-hydroxylation sites is 1. The van der Waals surface area contributed by atoms with Crippen LogP contribution in [0.1, 0.15) is 0 Å². The summed E-state index contributed by atoms with van der Waals surface area (Å²) in [6.07, 6.45) is 0. The molecule has 4 heteroatoms. The molecule has 0 radical (unpaired) electrons. The van der Waals surface area contributed by atoms with E-state index < -0.39 is 0 Å². The highest BCUT2D eigenvalue weighted by Crippen LogP contribution is 2.16. The van der Waals surface area contributed by atoms with Crippen LogP contribution < -0.4 is 0 Å². The zero-order valence-electron chi connectivity index (χ0n) is 5.53. The maximum absolute atomic E-state index is 10.4. The molecule has 1 N–H and O–H groups in total. The van der Waals surface area contributed by atoms with E-state index in [1.165, 1.54) is 11.3 Å². The van der Waals surface area contributed by atoms with Crippen molar-refractivity contribution in [1.29, 1.82) is 0 Å². The van der Waals surface area contributed by atoms with Crippen molar-refractivity contribution in [2.45, 2.75) is 0 Å². The first-order valence-electron chi connectivity index (χ1n) is 3.11. The second-order valence-corrected chi connectivity index (χ2v) is 3.98. The third-order valence-corrected chi connectivity index (χ3v) is 2.97. The lowest BCUT2D eigenvalue weighted by atomic mass is 10.3. The van der Waals surface area contributed by atoms with E-state index in [4.69, 9.17) is 0 Å². The average molecular weight is 183 g/mol. The lowest BCUT2D eigenvalue weighted by Crippen LogP contribution is -1.63. The summed E-state index contributed by atoms with van der Waals surface area (Å²) in [6, 6.07) is 7.87. The van der Waals surface area contributed by atoms with Crippen LogP contribution in [0.3, 0.4) is 0 Å². The minimum absolute atomic E-state index is 0.508. The minimum Gasteiger partial charge on any atom is -0.335 e. The smallest absolute Gasteiger partial charge is 0.189 e. The highest BCUT2D eigenvalue weighted by molar-refractivity contribution is 7.60. The van der Waals surface area contributed by atoms with Crippen LogP contribution in [0.15, 0.2) is 24.3 Å². The topological polar surface area (TPSA) is 32.9 Å². The molecule has 0 unspecified atom stereocenters. The van der Waals surface area contributed by atoms with Crippen LogP contribution in [-0.2, 0) is 11.3 Å². The fraction of sp³-hybridized carbons (Fsp3) is 0. The molecule has 0 fully saturated rings. The summed E-state index contributed by atoms with van der Waals surface area (Å²) in [6.45, 7) is 0. The second kappa shape index (κ2) is 2.64. The van der Waals surface area contributed by atoms with Gasteiger partial charge in [-0.25, -0.2) is 4.21 Å². The third-order valence-electron chi connectivity index (χ3n) is 1.40. The Balaban J connectivity index is 3.00. The molecule has 1 heterocycles. The summed E-state index contributed by atoms with van der Waals surface area (Å²) in [5.74, 6) is 0. The van der Waals surface area contributed by atoms with Gasteiger partial charge in [-0.3, -0.25) is 0 Å². The van der Waals surface area contributed by atoms with Gasteiger partial charge in [0.25, 0.3) is 0 Å². The van der Waals surface area contributed by atoms with E-state index in [0.29, 0.717) is 15.2 Å². The molecule has 0 aliphatic carbocycles. The molecule has 0 saturated heterocycles. The standard InChI is InChI=1S/C7H5NOS2/c9-11-7-8-5-3-1-2-4-6(5)10-7/h1-4,8H. The van der Waals surface area contributed by atoms with Gasteiger partial charge in [-0.15, -0.1) is 11.3 Å². The molecule has 0 aliphatic heterocycles. The summed E-state index contributed by atoms with van der Waals surface area (Å²) in [7, 11) is 0. The van der Waals surface area contributed by atoms with Gasteiger partial charge in [-0.05, 0) is 12.1 Å². The Morgan fingerprint density at radius 1 is 1.36 bits per heavy atom. The number of aromatic amines is 1. The number of rotatable bonds is 0. The Morgan fingerprint density at radius 2 is 2.18 bits per heavy atom. The monoisotopic (exact) mass is 183 g/mol. The number of benzene rings is 1. The highest BCUT2D eigenvalue weighted by Gasteiger charge is 1.92. The van der Waals surface area contributed by atoms with Crippen LogP contribution >= 0.6 is 11.3 Å². The van der Waals surface area contributed by atoms with Crippen molar-refractivity contribution in [1.82, 2.24) is 4.98 Å². The SMILES string of the molecule is O=S=c1[nH]c2ccccc2s1. The third kappa shape index (κ3) is 1.15. The Bertz CT molecular complexity index is 428. The summed E-state index contributed by atoms with van der Waals surface area (Å²) in [5, 5.41) is 0. The molecule has 56 valence electrons. The number of nitrogens with one attached hydrogen (secondary N) is 1. The van der Waals surface area contributed by atoms with Crippen molar-refractivity contribution in [2.24, 2.45) is 0 Å². The van der Waals surface area contributed by atoms with Gasteiger partial charge < -0.3 is 4.98 Å². The molecule has 0 amide bonds. The lowest BCUT2D eigenvalue weighted by Gasteiger charge is -1.81. The molecule has 0 bridgehead atoms. The quantitative estimate of drug-likeness (QED) is 0.622. The number of fused-ring (bicyclic) bond motifs is 1. The molecular formula is C7H5NOS2. The van der Waals surface area contributed by atoms with Crippen molar-refractivity contribution in [3.8, 4) is 0 Å². The molecule has 1 aromatic carbocycles. The van der Waals surface area contributed by atoms with Gasteiger partial charge in [0.1, 0.15) is 11.3 Å². The number of hydrogen-bond donors (Lipinski definition) is 1. The largest absolute Gasteiger partial charge is 0.335 e. The van der Waals surface area contributed by atoms with Gasteiger partial charge in [-0.1, -0.05) is 12.1 Å². The zero-order chi connectivity index (χ0) is 7.68. The molecule has 1 aromatic heterocycles. The minimum atomic E-state index is 0.508. The van der Waals surface area contributed by atoms with Crippen LogP contribution in [-0.4, -0.2) is 9.19 Å². The summed E-state index contributed by atoms with van der Waals surface area (Å²) in [5.41, 5.74) is 1.04.